The first-order valence-electron chi connectivity index (χ1n) is 11.1. The number of aliphatic imine (C=N–C) groups is 1. The van der Waals surface area contributed by atoms with E-state index in [0.29, 0.717) is 29.3 Å². The maximum Gasteiger partial charge on any atom is 0.325 e. The summed E-state index contributed by atoms with van der Waals surface area (Å²) in [5.41, 5.74) is 1.72. The maximum absolute atomic E-state index is 12.6. The highest BCUT2D eigenvalue weighted by atomic mass is 35.5. The molecule has 0 radical (unpaired) electrons. The number of phenols is 1. The molecule has 2 aromatic rings. The van der Waals surface area contributed by atoms with Crippen LogP contribution in [0.4, 0.5) is 11.4 Å². The largest absolute Gasteiger partial charge is 0.504 e. The number of rotatable bonds is 8. The van der Waals surface area contributed by atoms with E-state index in [1.165, 1.54) is 12.1 Å². The number of benzene rings is 2. The Bertz CT molecular complexity index is 1190. The van der Waals surface area contributed by atoms with Crippen LogP contribution in [0, 0.1) is 5.41 Å². The van der Waals surface area contributed by atoms with Crippen molar-refractivity contribution in [3.05, 3.63) is 52.5 Å². The van der Waals surface area contributed by atoms with E-state index in [2.05, 4.69) is 44.4 Å². The van der Waals surface area contributed by atoms with E-state index in [-0.39, 0.29) is 41.3 Å². The zero-order valence-electron chi connectivity index (χ0n) is 19.8. The summed E-state index contributed by atoms with van der Waals surface area (Å²) < 4.78 is 4.09. The fourth-order valence-electron chi connectivity index (χ4n) is 3.32. The molecule has 1 aliphatic rings. The standard InChI is InChI=1S/C24H27Cl2N5O5/c1-24(2)12-28-23(29-13-24)30-16-5-3-4-15(10-16)22(35)27-11-19(32)31-18-9-14(6-7-20(33)36-26)8-17(25)21(18)34/h3-5,8-10,34H,6-7,11-13H2,1-2H3,(H,27,35)(H,31,32)(H2,28,29,30). The first-order valence-corrected chi connectivity index (χ1v) is 11.8. The first-order chi connectivity index (χ1) is 17.1. The Hall–Kier alpha value is -3.50. The summed E-state index contributed by atoms with van der Waals surface area (Å²) in [6, 6.07) is 9.74. The molecule has 0 fully saturated rings. The molecular formula is C24H27Cl2N5O5. The number of phenolic OH excluding ortho intramolecular Hbond substituents is 1. The zero-order valence-corrected chi connectivity index (χ0v) is 21.3. The number of halogens is 2. The first kappa shape index (κ1) is 27.1. The Labute approximate surface area is 218 Å². The molecule has 0 bridgehead atoms. The number of aryl methyl sites for hydroxylation is 1. The lowest BCUT2D eigenvalue weighted by Gasteiger charge is -2.29. The second-order valence-electron chi connectivity index (χ2n) is 9.04. The number of carbonyl (C=O) groups excluding carboxylic acids is 3. The minimum absolute atomic E-state index is 0.00369. The number of aromatic hydroxyl groups is 1. The Balaban J connectivity index is 1.57. The number of guanidine groups is 1. The molecule has 2 amide bonds. The summed E-state index contributed by atoms with van der Waals surface area (Å²) in [6.07, 6.45) is 0.221. The van der Waals surface area contributed by atoms with Crippen LogP contribution in [0.5, 0.6) is 5.75 Å². The van der Waals surface area contributed by atoms with Crippen LogP contribution in [0.2, 0.25) is 5.02 Å². The SMILES string of the molecule is CC1(C)CN=C(Nc2cccc(C(=O)NCC(=O)Nc3cc(CCC(=O)OCl)cc(Cl)c3O)c2)NC1. The monoisotopic (exact) mass is 535 g/mol. The number of hydrogen-bond donors (Lipinski definition) is 5. The summed E-state index contributed by atoms with van der Waals surface area (Å²) in [5.74, 6) is -1.36. The molecule has 0 saturated carbocycles. The van der Waals surface area contributed by atoms with E-state index >= 15 is 0 Å². The molecule has 1 heterocycles. The van der Waals surface area contributed by atoms with Crippen LogP contribution in [-0.4, -0.2) is 48.5 Å². The van der Waals surface area contributed by atoms with Gasteiger partial charge in [0.1, 0.15) is 11.9 Å². The molecule has 0 atom stereocenters. The van der Waals surface area contributed by atoms with Crippen LogP contribution in [0.3, 0.4) is 0 Å². The molecule has 2 aromatic carbocycles. The van der Waals surface area contributed by atoms with Crippen molar-refractivity contribution in [1.82, 2.24) is 10.6 Å². The maximum atomic E-state index is 12.6. The summed E-state index contributed by atoms with van der Waals surface area (Å²) in [6.45, 7) is 5.35. The Morgan fingerprint density at radius 3 is 2.69 bits per heavy atom. The number of nitrogens with zero attached hydrogens (tertiary/aromatic N) is 1. The Kier molecular flexibility index (Phi) is 9.00. The van der Waals surface area contributed by atoms with Crippen molar-refractivity contribution in [2.24, 2.45) is 10.4 Å². The lowest BCUT2D eigenvalue weighted by Crippen LogP contribution is -2.44. The van der Waals surface area contributed by atoms with Crippen LogP contribution >= 0.6 is 23.5 Å². The van der Waals surface area contributed by atoms with Gasteiger partial charge in [0.2, 0.25) is 5.91 Å². The molecule has 0 aliphatic carbocycles. The molecule has 36 heavy (non-hydrogen) atoms. The molecule has 0 spiro atoms. The van der Waals surface area contributed by atoms with Crippen molar-refractivity contribution in [2.75, 3.05) is 30.3 Å². The number of hydrogen-bond acceptors (Lipinski definition) is 8. The quantitative estimate of drug-likeness (QED) is 0.326. The fourth-order valence-corrected chi connectivity index (χ4v) is 3.64. The van der Waals surface area contributed by atoms with Gasteiger partial charge >= 0.3 is 5.97 Å². The molecule has 12 heteroatoms. The predicted molar refractivity (Wildman–Crippen MR) is 138 cm³/mol. The highest BCUT2D eigenvalue weighted by Gasteiger charge is 2.22. The van der Waals surface area contributed by atoms with E-state index in [1.54, 1.807) is 24.3 Å². The third-order valence-corrected chi connectivity index (χ3v) is 5.76. The summed E-state index contributed by atoms with van der Waals surface area (Å²) in [4.78, 5) is 40.7. The Morgan fingerprint density at radius 1 is 1.22 bits per heavy atom. The lowest BCUT2D eigenvalue weighted by atomic mass is 9.93. The van der Waals surface area contributed by atoms with E-state index < -0.39 is 17.8 Å². The number of carbonyl (C=O) groups is 3. The summed E-state index contributed by atoms with van der Waals surface area (Å²) in [5, 5.41) is 21.6. The van der Waals surface area contributed by atoms with E-state index in [9.17, 15) is 19.5 Å². The second kappa shape index (κ2) is 12.0. The van der Waals surface area contributed by atoms with E-state index in [0.717, 1.165) is 6.54 Å². The van der Waals surface area contributed by atoms with E-state index in [4.69, 9.17) is 23.5 Å². The Morgan fingerprint density at radius 2 is 2.00 bits per heavy atom. The van der Waals surface area contributed by atoms with Gasteiger partial charge in [-0.2, -0.15) is 0 Å². The molecule has 192 valence electrons. The van der Waals surface area contributed by atoms with Gasteiger partial charge in [-0.25, -0.2) is 0 Å². The van der Waals surface area contributed by atoms with Gasteiger partial charge in [-0.1, -0.05) is 31.5 Å². The third-order valence-electron chi connectivity index (χ3n) is 5.30. The van der Waals surface area contributed by atoms with Gasteiger partial charge in [0.05, 0.1) is 23.7 Å². The summed E-state index contributed by atoms with van der Waals surface area (Å²) in [7, 11) is 0. The number of nitrogens with one attached hydrogen (secondary N) is 4. The van der Waals surface area contributed by atoms with Crippen LogP contribution in [0.15, 0.2) is 41.4 Å². The molecular weight excluding hydrogens is 509 g/mol. The average Bonchev–Trinajstić information content (AvgIpc) is 2.85. The predicted octanol–water partition coefficient (Wildman–Crippen LogP) is 3.44. The van der Waals surface area contributed by atoms with E-state index in [1.807, 2.05) is 0 Å². The second-order valence-corrected chi connectivity index (χ2v) is 9.60. The lowest BCUT2D eigenvalue weighted by molar-refractivity contribution is -0.133. The minimum Gasteiger partial charge on any atom is -0.504 e. The van der Waals surface area contributed by atoms with Crippen molar-refractivity contribution in [3.8, 4) is 5.75 Å². The van der Waals surface area contributed by atoms with Gasteiger partial charge in [0, 0.05) is 29.8 Å². The fraction of sp³-hybridized carbons (Fsp3) is 0.333. The van der Waals surface area contributed by atoms with Crippen molar-refractivity contribution in [3.63, 3.8) is 0 Å². The minimum atomic E-state index is -0.625. The highest BCUT2D eigenvalue weighted by molar-refractivity contribution is 6.32. The van der Waals surface area contributed by atoms with Gasteiger partial charge < -0.3 is 30.7 Å². The van der Waals surface area contributed by atoms with Crippen LogP contribution in [0.1, 0.15) is 36.2 Å². The van der Waals surface area contributed by atoms with Crippen molar-refractivity contribution < 1.29 is 23.8 Å². The molecule has 10 nitrogen and oxygen atoms in total. The summed E-state index contributed by atoms with van der Waals surface area (Å²) >= 11 is 11.0. The van der Waals surface area contributed by atoms with Gasteiger partial charge in [-0.3, -0.25) is 19.4 Å². The molecule has 3 rings (SSSR count). The van der Waals surface area contributed by atoms with Crippen LogP contribution < -0.4 is 21.3 Å². The van der Waals surface area contributed by atoms with Crippen molar-refractivity contribution in [2.45, 2.75) is 26.7 Å². The number of amides is 2. The normalized spacial score (nSPS) is 14.2. The van der Waals surface area contributed by atoms with Crippen molar-refractivity contribution in [1.29, 1.82) is 0 Å². The molecule has 0 unspecified atom stereocenters. The zero-order chi connectivity index (χ0) is 26.3. The van der Waals surface area contributed by atoms with Gasteiger partial charge in [-0.05, 0) is 42.3 Å². The molecule has 0 aromatic heterocycles. The topological polar surface area (TPSA) is 141 Å². The third kappa shape index (κ3) is 7.76. The highest BCUT2D eigenvalue weighted by Crippen LogP contribution is 2.33. The van der Waals surface area contributed by atoms with Crippen LogP contribution in [0.25, 0.3) is 0 Å². The average molecular weight is 536 g/mol. The van der Waals surface area contributed by atoms with Crippen molar-refractivity contribution >= 4 is 58.6 Å². The smallest absolute Gasteiger partial charge is 0.325 e. The van der Waals surface area contributed by atoms with Gasteiger partial charge in [0.25, 0.3) is 5.91 Å². The van der Waals surface area contributed by atoms with Crippen LogP contribution in [-0.2, 0) is 20.3 Å². The number of anilines is 2. The van der Waals surface area contributed by atoms with Gasteiger partial charge in [-0.15, -0.1) is 0 Å². The van der Waals surface area contributed by atoms with Gasteiger partial charge in [0.15, 0.2) is 11.7 Å². The molecule has 5 N–H and O–H groups in total. The molecule has 0 saturated heterocycles. The molecule has 1 aliphatic heterocycles.